The number of benzene rings is 2. The fraction of sp³-hybridized carbons (Fsp3) is 0.320. The molecule has 0 unspecified atom stereocenters. The Kier molecular flexibility index (Phi) is 7.60. The Morgan fingerprint density at radius 1 is 0.700 bits per heavy atom. The number of hydrogen-bond acceptors (Lipinski definition) is 1. The van der Waals surface area contributed by atoms with Gasteiger partial charge in [0.05, 0.1) is 0 Å². The van der Waals surface area contributed by atoms with Gasteiger partial charge in [-0.15, -0.1) is 0 Å². The monoisotopic (exact) mass is 509 g/mol. The zero-order chi connectivity index (χ0) is 21.8. The summed E-state index contributed by atoms with van der Waals surface area (Å²) in [7, 11) is -3.36. The summed E-state index contributed by atoms with van der Waals surface area (Å²) in [6.45, 7) is 15.6. The quantitative estimate of drug-likeness (QED) is 0.276. The van der Waals surface area contributed by atoms with Crippen molar-refractivity contribution in [2.75, 3.05) is 4.99 Å². The number of rotatable bonds is 8. The van der Waals surface area contributed by atoms with Crippen LogP contribution < -0.4 is 10.6 Å². The first-order chi connectivity index (χ1) is 14.2. The molecule has 0 saturated carbocycles. The predicted octanol–water partition coefficient (Wildman–Crippen LogP) is 5.83. The molecule has 1 heterocycles. The second-order valence-corrected chi connectivity index (χ2v) is 29.5. The van der Waals surface area contributed by atoms with Crippen molar-refractivity contribution < 1.29 is 0 Å². The molecule has 0 spiro atoms. The van der Waals surface area contributed by atoms with Gasteiger partial charge in [-0.25, -0.2) is 0 Å². The summed E-state index contributed by atoms with van der Waals surface area (Å²) in [6.07, 6.45) is 2.02. The van der Waals surface area contributed by atoms with Crippen LogP contribution in [0.1, 0.15) is 5.69 Å². The summed E-state index contributed by atoms with van der Waals surface area (Å²) >= 11 is -0.267. The first-order valence-electron chi connectivity index (χ1n) is 10.7. The van der Waals surface area contributed by atoms with Gasteiger partial charge in [0.2, 0.25) is 0 Å². The van der Waals surface area contributed by atoms with Gasteiger partial charge in [-0.3, -0.25) is 0 Å². The number of aromatic nitrogens is 1. The van der Waals surface area contributed by atoms with E-state index in [0.29, 0.717) is 3.49 Å². The first kappa shape index (κ1) is 23.7. The van der Waals surface area contributed by atoms with E-state index >= 15 is 0 Å². The molecule has 1 nitrogen and oxygen atoms in total. The number of nitrogens with zero attached hydrogens (tertiary/aromatic N) is 1. The van der Waals surface area contributed by atoms with Crippen molar-refractivity contribution >= 4 is 50.1 Å². The predicted molar refractivity (Wildman–Crippen MR) is 142 cm³/mol. The standard InChI is InChI=1S/C25H34GeNPSi2/c1-29(2,3)25(30(4,5)6,24-19-13-14-20-27-24)26-21-28(22-15-9-7-10-16-22)23-17-11-8-12-18-23/h7-20H,21H2,1-6H3. The normalized spacial score (nSPS) is 12.9. The molecule has 0 aliphatic carbocycles. The molecule has 2 aromatic carbocycles. The van der Waals surface area contributed by atoms with Crippen LogP contribution in [0.4, 0.5) is 0 Å². The molecule has 30 heavy (non-hydrogen) atoms. The Morgan fingerprint density at radius 2 is 1.17 bits per heavy atom. The van der Waals surface area contributed by atoms with Crippen LogP contribution in [0.3, 0.4) is 0 Å². The van der Waals surface area contributed by atoms with Crippen molar-refractivity contribution in [2.24, 2.45) is 0 Å². The molecule has 3 rings (SSSR count). The van der Waals surface area contributed by atoms with Gasteiger partial charge in [0.25, 0.3) is 0 Å². The Bertz CT molecular complexity index is 869. The van der Waals surface area contributed by atoms with E-state index in [1.165, 1.54) is 21.3 Å². The number of pyridine rings is 1. The topological polar surface area (TPSA) is 12.9 Å². The van der Waals surface area contributed by atoms with Crippen molar-refractivity contribution in [3.63, 3.8) is 0 Å². The minimum absolute atomic E-state index is 0.267. The maximum absolute atomic E-state index is 5.02. The van der Waals surface area contributed by atoms with Gasteiger partial charge in [0.15, 0.2) is 0 Å². The van der Waals surface area contributed by atoms with Crippen molar-refractivity contribution in [2.45, 2.75) is 42.8 Å². The van der Waals surface area contributed by atoms with E-state index in [-0.39, 0.29) is 23.4 Å². The van der Waals surface area contributed by atoms with Gasteiger partial charge in [-0.05, 0) is 0 Å². The van der Waals surface area contributed by atoms with Crippen LogP contribution in [-0.2, 0) is 3.49 Å². The minimum atomic E-state index is -1.52. The van der Waals surface area contributed by atoms with Gasteiger partial charge in [-0.2, -0.15) is 0 Å². The molecule has 0 fully saturated rings. The van der Waals surface area contributed by atoms with E-state index < -0.39 is 16.1 Å². The van der Waals surface area contributed by atoms with Crippen molar-refractivity contribution in [3.05, 3.63) is 90.8 Å². The average molecular weight is 508 g/mol. The Labute approximate surface area is 193 Å². The molecule has 2 radical (unpaired) electrons. The fourth-order valence-corrected chi connectivity index (χ4v) is 33.5. The van der Waals surface area contributed by atoms with Crippen LogP contribution in [0.5, 0.6) is 0 Å². The molecule has 0 N–H and O–H groups in total. The summed E-state index contributed by atoms with van der Waals surface area (Å²) in [5.74, 6) is 0. The summed E-state index contributed by atoms with van der Waals surface area (Å²) < 4.78 is 0.366. The number of hydrogen-bond donors (Lipinski definition) is 0. The molecule has 3 aromatic rings. The van der Waals surface area contributed by atoms with Crippen molar-refractivity contribution in [1.29, 1.82) is 0 Å². The summed E-state index contributed by atoms with van der Waals surface area (Å²) in [5, 5.41) is 3.03. The average Bonchev–Trinajstić information content (AvgIpc) is 2.71. The molecule has 0 saturated heterocycles. The summed E-state index contributed by atoms with van der Waals surface area (Å²) in [5.41, 5.74) is 1.40. The van der Waals surface area contributed by atoms with Crippen LogP contribution >= 0.6 is 7.92 Å². The van der Waals surface area contributed by atoms with Crippen LogP contribution in [-0.4, -0.2) is 41.6 Å². The summed E-state index contributed by atoms with van der Waals surface area (Å²) in [6, 6.07) is 29.1. The van der Waals surface area contributed by atoms with Gasteiger partial charge in [0, 0.05) is 0 Å². The van der Waals surface area contributed by atoms with E-state index in [1.807, 2.05) is 6.20 Å². The molecule has 1 aromatic heterocycles. The Hall–Kier alpha value is -1.00. The van der Waals surface area contributed by atoms with Crippen LogP contribution in [0.15, 0.2) is 85.1 Å². The molecule has 156 valence electrons. The Morgan fingerprint density at radius 3 is 1.57 bits per heavy atom. The molecule has 0 atom stereocenters. The third-order valence-electron chi connectivity index (χ3n) is 5.94. The first-order valence-corrected chi connectivity index (χ1v) is 21.8. The second kappa shape index (κ2) is 9.64. The molecular formula is C25H34GeNPSi2. The third-order valence-corrected chi connectivity index (χ3v) is 33.7. The van der Waals surface area contributed by atoms with Crippen molar-refractivity contribution in [1.82, 2.24) is 4.98 Å². The Balaban J connectivity index is 2.07. The molecule has 0 bridgehead atoms. The van der Waals surface area contributed by atoms with E-state index in [2.05, 4.69) is 118 Å². The zero-order valence-electron chi connectivity index (χ0n) is 19.2. The van der Waals surface area contributed by atoms with Gasteiger partial charge < -0.3 is 0 Å². The molecular weight excluding hydrogens is 474 g/mol. The van der Waals surface area contributed by atoms with Crippen LogP contribution in [0, 0.1) is 0 Å². The van der Waals surface area contributed by atoms with E-state index in [0.717, 1.165) is 0 Å². The van der Waals surface area contributed by atoms with Crippen molar-refractivity contribution in [3.8, 4) is 0 Å². The SMILES string of the molecule is C[Si](C)(C)[C]([Ge][CH2]P(c1ccccc1)c1ccccc1)(c1ccccn1)[Si](C)(C)C. The summed E-state index contributed by atoms with van der Waals surface area (Å²) in [4.78, 5) is 6.36. The van der Waals surface area contributed by atoms with Crippen LogP contribution in [0.2, 0.25) is 39.3 Å². The van der Waals surface area contributed by atoms with Gasteiger partial charge in [-0.1, -0.05) is 0 Å². The fourth-order valence-electron chi connectivity index (χ4n) is 4.84. The molecule has 0 aliphatic heterocycles. The van der Waals surface area contributed by atoms with Crippen LogP contribution in [0.25, 0.3) is 0 Å². The maximum atomic E-state index is 5.02. The third kappa shape index (κ3) is 4.90. The van der Waals surface area contributed by atoms with E-state index in [1.54, 1.807) is 0 Å². The second-order valence-electron chi connectivity index (χ2n) is 9.90. The zero-order valence-corrected chi connectivity index (χ0v) is 24.2. The van der Waals surface area contributed by atoms with E-state index in [4.69, 9.17) is 4.98 Å². The van der Waals surface area contributed by atoms with E-state index in [9.17, 15) is 0 Å². The molecule has 5 heteroatoms. The van der Waals surface area contributed by atoms with Gasteiger partial charge in [0.1, 0.15) is 0 Å². The molecule has 0 amide bonds. The van der Waals surface area contributed by atoms with Gasteiger partial charge >= 0.3 is 194 Å². The molecule has 0 aliphatic rings.